The van der Waals surface area contributed by atoms with Crippen LogP contribution in [-0.4, -0.2) is 41.2 Å². The Kier molecular flexibility index (Phi) is 3.33. The van der Waals surface area contributed by atoms with Crippen molar-refractivity contribution in [2.45, 2.75) is 43.8 Å². The number of nitrogens with one attached hydrogen (secondary N) is 2. The first-order valence-electron chi connectivity index (χ1n) is 6.68. The molecule has 102 valence electrons. The standard InChI is InChI=1S/C13H18N4O2/c1-19-13(18)12-14-5-4-11(17-12)16-10-6-8-2-3-9(7-10)15-8/h4-5,8-10,15H,2-3,6-7H2,1H3,(H,14,16,17). The Labute approximate surface area is 112 Å². The molecule has 0 aromatic carbocycles. The summed E-state index contributed by atoms with van der Waals surface area (Å²) in [5, 5.41) is 7.00. The summed E-state index contributed by atoms with van der Waals surface area (Å²) < 4.78 is 4.62. The molecule has 2 atom stereocenters. The summed E-state index contributed by atoms with van der Waals surface area (Å²) in [6, 6.07) is 3.45. The Morgan fingerprint density at radius 3 is 2.84 bits per heavy atom. The Balaban J connectivity index is 1.68. The van der Waals surface area contributed by atoms with Crippen LogP contribution in [0.25, 0.3) is 0 Å². The van der Waals surface area contributed by atoms with Gasteiger partial charge in [0.15, 0.2) is 0 Å². The van der Waals surface area contributed by atoms with E-state index in [1.54, 1.807) is 12.3 Å². The molecule has 6 heteroatoms. The molecule has 2 fully saturated rings. The molecule has 19 heavy (non-hydrogen) atoms. The third-order valence-electron chi connectivity index (χ3n) is 3.85. The van der Waals surface area contributed by atoms with Gasteiger partial charge >= 0.3 is 5.97 Å². The van der Waals surface area contributed by atoms with Crippen molar-refractivity contribution in [3.63, 3.8) is 0 Å². The van der Waals surface area contributed by atoms with Gasteiger partial charge in [0.05, 0.1) is 7.11 Å². The summed E-state index contributed by atoms with van der Waals surface area (Å²) in [5.41, 5.74) is 0. The Morgan fingerprint density at radius 1 is 1.42 bits per heavy atom. The molecule has 2 saturated heterocycles. The number of carbonyl (C=O) groups is 1. The van der Waals surface area contributed by atoms with Crippen LogP contribution in [0.1, 0.15) is 36.3 Å². The number of hydrogen-bond donors (Lipinski definition) is 2. The zero-order valence-corrected chi connectivity index (χ0v) is 10.9. The van der Waals surface area contributed by atoms with Gasteiger partial charge in [-0.05, 0) is 31.7 Å². The average molecular weight is 262 g/mol. The van der Waals surface area contributed by atoms with Crippen LogP contribution in [0.15, 0.2) is 12.3 Å². The zero-order valence-electron chi connectivity index (χ0n) is 10.9. The van der Waals surface area contributed by atoms with Gasteiger partial charge in [-0.1, -0.05) is 0 Å². The highest BCUT2D eigenvalue weighted by molar-refractivity contribution is 5.85. The highest BCUT2D eigenvalue weighted by atomic mass is 16.5. The molecule has 0 amide bonds. The molecular formula is C13H18N4O2. The van der Waals surface area contributed by atoms with E-state index in [1.807, 2.05) is 0 Å². The summed E-state index contributed by atoms with van der Waals surface area (Å²) >= 11 is 0. The molecule has 0 radical (unpaired) electrons. The van der Waals surface area contributed by atoms with Crippen LogP contribution in [0.4, 0.5) is 5.82 Å². The van der Waals surface area contributed by atoms with E-state index in [1.165, 1.54) is 20.0 Å². The lowest BCUT2D eigenvalue weighted by atomic mass is 10.00. The fourth-order valence-electron chi connectivity index (χ4n) is 3.01. The SMILES string of the molecule is COC(=O)c1nccc(NC2CC3CCC(C2)N3)n1. The van der Waals surface area contributed by atoms with Gasteiger partial charge in [-0.3, -0.25) is 0 Å². The number of piperidine rings is 1. The molecular weight excluding hydrogens is 244 g/mol. The minimum Gasteiger partial charge on any atom is -0.463 e. The van der Waals surface area contributed by atoms with Crippen LogP contribution in [0, 0.1) is 0 Å². The Hall–Kier alpha value is -1.69. The second-order valence-corrected chi connectivity index (χ2v) is 5.21. The van der Waals surface area contributed by atoms with E-state index in [9.17, 15) is 4.79 Å². The molecule has 3 rings (SSSR count). The van der Waals surface area contributed by atoms with E-state index in [0.717, 1.165) is 12.8 Å². The van der Waals surface area contributed by atoms with Crippen molar-refractivity contribution in [1.82, 2.24) is 15.3 Å². The van der Waals surface area contributed by atoms with Crippen LogP contribution < -0.4 is 10.6 Å². The largest absolute Gasteiger partial charge is 0.463 e. The molecule has 0 spiro atoms. The average Bonchev–Trinajstić information content (AvgIpc) is 2.77. The minimum absolute atomic E-state index is 0.101. The zero-order chi connectivity index (χ0) is 13.2. The van der Waals surface area contributed by atoms with Gasteiger partial charge in [-0.25, -0.2) is 14.8 Å². The van der Waals surface area contributed by atoms with Gasteiger partial charge in [0.2, 0.25) is 5.82 Å². The van der Waals surface area contributed by atoms with Crippen molar-refractivity contribution in [2.24, 2.45) is 0 Å². The van der Waals surface area contributed by atoms with Crippen molar-refractivity contribution in [3.05, 3.63) is 18.1 Å². The monoisotopic (exact) mass is 262 g/mol. The van der Waals surface area contributed by atoms with Crippen molar-refractivity contribution >= 4 is 11.8 Å². The van der Waals surface area contributed by atoms with Crippen LogP contribution >= 0.6 is 0 Å². The number of esters is 1. The normalized spacial score (nSPS) is 29.0. The van der Waals surface area contributed by atoms with E-state index < -0.39 is 5.97 Å². The van der Waals surface area contributed by atoms with Gasteiger partial charge in [-0.2, -0.15) is 0 Å². The number of fused-ring (bicyclic) bond motifs is 2. The highest BCUT2D eigenvalue weighted by Crippen LogP contribution is 2.28. The predicted octanol–water partition coefficient (Wildman–Crippen LogP) is 0.958. The fraction of sp³-hybridized carbons (Fsp3) is 0.615. The van der Waals surface area contributed by atoms with Crippen molar-refractivity contribution in [2.75, 3.05) is 12.4 Å². The molecule has 0 saturated carbocycles. The van der Waals surface area contributed by atoms with Gasteiger partial charge in [0.1, 0.15) is 5.82 Å². The third kappa shape index (κ3) is 2.68. The number of rotatable bonds is 3. The van der Waals surface area contributed by atoms with Crippen LogP contribution in [0.2, 0.25) is 0 Å². The second kappa shape index (κ2) is 5.13. The lowest BCUT2D eigenvalue weighted by Crippen LogP contribution is -2.43. The summed E-state index contributed by atoms with van der Waals surface area (Å²) in [7, 11) is 1.33. The lowest BCUT2D eigenvalue weighted by Gasteiger charge is -2.30. The number of hydrogen-bond acceptors (Lipinski definition) is 6. The van der Waals surface area contributed by atoms with E-state index in [-0.39, 0.29) is 5.82 Å². The maximum atomic E-state index is 11.4. The maximum Gasteiger partial charge on any atom is 0.376 e. The molecule has 0 aliphatic carbocycles. The lowest BCUT2D eigenvalue weighted by molar-refractivity contribution is 0.0587. The van der Waals surface area contributed by atoms with Gasteiger partial charge < -0.3 is 15.4 Å². The topological polar surface area (TPSA) is 76.1 Å². The summed E-state index contributed by atoms with van der Waals surface area (Å²) in [4.78, 5) is 19.5. The smallest absolute Gasteiger partial charge is 0.376 e. The van der Waals surface area contributed by atoms with Gasteiger partial charge in [0, 0.05) is 24.3 Å². The number of nitrogens with zero attached hydrogens (tertiary/aromatic N) is 2. The maximum absolute atomic E-state index is 11.4. The molecule has 2 N–H and O–H groups in total. The van der Waals surface area contributed by atoms with Crippen LogP contribution in [0.3, 0.4) is 0 Å². The molecule has 1 aromatic heterocycles. The third-order valence-corrected chi connectivity index (χ3v) is 3.85. The molecule has 2 unspecified atom stereocenters. The van der Waals surface area contributed by atoms with Crippen molar-refractivity contribution in [3.8, 4) is 0 Å². The van der Waals surface area contributed by atoms with E-state index in [0.29, 0.717) is 23.9 Å². The molecule has 1 aromatic rings. The van der Waals surface area contributed by atoms with Gasteiger partial charge in [-0.15, -0.1) is 0 Å². The summed E-state index contributed by atoms with van der Waals surface area (Å²) in [6.45, 7) is 0. The van der Waals surface area contributed by atoms with E-state index >= 15 is 0 Å². The first-order valence-corrected chi connectivity index (χ1v) is 6.68. The number of anilines is 1. The summed E-state index contributed by atoms with van der Waals surface area (Å²) in [5.74, 6) is 0.292. The Morgan fingerprint density at radius 2 is 2.16 bits per heavy atom. The molecule has 2 bridgehead atoms. The quantitative estimate of drug-likeness (QED) is 0.790. The first-order chi connectivity index (χ1) is 9.24. The molecule has 2 aliphatic rings. The van der Waals surface area contributed by atoms with Gasteiger partial charge in [0.25, 0.3) is 0 Å². The highest BCUT2D eigenvalue weighted by Gasteiger charge is 2.33. The Bertz CT molecular complexity index is 467. The van der Waals surface area contributed by atoms with Crippen molar-refractivity contribution < 1.29 is 9.53 Å². The summed E-state index contributed by atoms with van der Waals surface area (Å²) in [6.07, 6.45) is 6.32. The fourth-order valence-corrected chi connectivity index (χ4v) is 3.01. The number of methoxy groups -OCH3 is 1. The van der Waals surface area contributed by atoms with Crippen molar-refractivity contribution in [1.29, 1.82) is 0 Å². The number of carbonyl (C=O) groups excluding carboxylic acids is 1. The van der Waals surface area contributed by atoms with E-state index in [2.05, 4.69) is 25.3 Å². The molecule has 6 nitrogen and oxygen atoms in total. The van der Waals surface area contributed by atoms with E-state index in [4.69, 9.17) is 0 Å². The predicted molar refractivity (Wildman–Crippen MR) is 70.0 cm³/mol. The van der Waals surface area contributed by atoms with Crippen LogP contribution in [0.5, 0.6) is 0 Å². The molecule has 3 heterocycles. The number of aromatic nitrogens is 2. The first kappa shape index (κ1) is 12.3. The van der Waals surface area contributed by atoms with Crippen LogP contribution in [-0.2, 0) is 4.74 Å². The molecule has 2 aliphatic heterocycles. The second-order valence-electron chi connectivity index (χ2n) is 5.21. The number of ether oxygens (including phenoxy) is 1. The minimum atomic E-state index is -0.506.